The smallest absolute Gasteiger partial charge is 0.0739 e. The Morgan fingerprint density at radius 2 is 2.06 bits per heavy atom. The van der Waals surface area contributed by atoms with Crippen molar-refractivity contribution in [3.05, 3.63) is 15.9 Å². The number of rotatable bonds is 5. The van der Waals surface area contributed by atoms with Crippen LogP contribution < -0.4 is 5.32 Å². The third-order valence-corrected chi connectivity index (χ3v) is 4.64. The Labute approximate surface area is 118 Å². The van der Waals surface area contributed by atoms with E-state index in [0.717, 1.165) is 23.3 Å². The highest BCUT2D eigenvalue weighted by molar-refractivity contribution is 9.10. The van der Waals surface area contributed by atoms with Crippen molar-refractivity contribution in [2.45, 2.75) is 39.3 Å². The molecule has 0 saturated carbocycles. The van der Waals surface area contributed by atoms with Gasteiger partial charge in [0, 0.05) is 26.2 Å². The average Bonchev–Trinajstić information content (AvgIpc) is 2.88. The average molecular weight is 315 g/mol. The summed E-state index contributed by atoms with van der Waals surface area (Å²) in [5.41, 5.74) is 2.28. The van der Waals surface area contributed by atoms with E-state index in [-0.39, 0.29) is 0 Å². The molecule has 0 aromatic carbocycles. The van der Waals surface area contributed by atoms with Crippen LogP contribution in [0.1, 0.15) is 31.2 Å². The van der Waals surface area contributed by atoms with Gasteiger partial charge in [0.1, 0.15) is 0 Å². The topological polar surface area (TPSA) is 33.1 Å². The van der Waals surface area contributed by atoms with Crippen LogP contribution >= 0.6 is 15.9 Å². The fraction of sp³-hybridized carbons (Fsp3) is 0.769. The number of likely N-dealkylation sites (tertiary alicyclic amines) is 1. The van der Waals surface area contributed by atoms with E-state index in [0.29, 0.717) is 6.04 Å². The Balaban J connectivity index is 1.83. The van der Waals surface area contributed by atoms with Crippen molar-refractivity contribution >= 4 is 15.9 Å². The molecule has 0 amide bonds. The van der Waals surface area contributed by atoms with Gasteiger partial charge < -0.3 is 10.2 Å². The fourth-order valence-corrected chi connectivity index (χ4v) is 3.04. The van der Waals surface area contributed by atoms with E-state index in [1.54, 1.807) is 0 Å². The molecular formula is C13H23BrN4. The Morgan fingerprint density at radius 3 is 2.61 bits per heavy atom. The molecule has 4 nitrogen and oxygen atoms in total. The van der Waals surface area contributed by atoms with Gasteiger partial charge >= 0.3 is 0 Å². The summed E-state index contributed by atoms with van der Waals surface area (Å²) >= 11 is 3.61. The van der Waals surface area contributed by atoms with E-state index in [1.165, 1.54) is 31.6 Å². The lowest BCUT2D eigenvalue weighted by Crippen LogP contribution is -2.37. The molecule has 0 radical (unpaired) electrons. The van der Waals surface area contributed by atoms with Gasteiger partial charge in [-0.2, -0.15) is 5.10 Å². The molecule has 1 N–H and O–H groups in total. The number of nitrogens with zero attached hydrogens (tertiary/aromatic N) is 3. The molecule has 5 heteroatoms. The molecule has 1 saturated heterocycles. The largest absolute Gasteiger partial charge is 0.307 e. The molecule has 1 unspecified atom stereocenters. The van der Waals surface area contributed by atoms with E-state index < -0.39 is 0 Å². The molecule has 102 valence electrons. The highest BCUT2D eigenvalue weighted by Crippen LogP contribution is 2.20. The van der Waals surface area contributed by atoms with Crippen molar-refractivity contribution in [3.63, 3.8) is 0 Å². The lowest BCUT2D eigenvalue weighted by atomic mass is 10.3. The minimum Gasteiger partial charge on any atom is -0.307 e. The van der Waals surface area contributed by atoms with Crippen molar-refractivity contribution in [2.75, 3.05) is 19.6 Å². The van der Waals surface area contributed by atoms with Crippen molar-refractivity contribution in [3.8, 4) is 0 Å². The zero-order valence-electron chi connectivity index (χ0n) is 11.5. The van der Waals surface area contributed by atoms with Crippen LogP contribution in [-0.4, -0.2) is 40.4 Å². The molecule has 2 heterocycles. The second kappa shape index (κ2) is 6.17. The quantitative estimate of drug-likeness (QED) is 0.903. The molecule has 1 aliphatic heterocycles. The van der Waals surface area contributed by atoms with E-state index in [9.17, 15) is 0 Å². The van der Waals surface area contributed by atoms with Gasteiger partial charge in [-0.15, -0.1) is 0 Å². The summed E-state index contributed by atoms with van der Waals surface area (Å²) in [7, 11) is 2.00. The number of hydrogen-bond acceptors (Lipinski definition) is 3. The third-order valence-electron chi connectivity index (χ3n) is 3.61. The minimum atomic E-state index is 0.519. The van der Waals surface area contributed by atoms with Crippen LogP contribution in [0.4, 0.5) is 0 Å². The first-order valence-corrected chi connectivity index (χ1v) is 7.51. The minimum absolute atomic E-state index is 0.519. The molecule has 1 aliphatic rings. The van der Waals surface area contributed by atoms with Crippen molar-refractivity contribution in [2.24, 2.45) is 7.05 Å². The van der Waals surface area contributed by atoms with Gasteiger partial charge in [0.15, 0.2) is 0 Å². The predicted molar refractivity (Wildman–Crippen MR) is 77.6 cm³/mol. The summed E-state index contributed by atoms with van der Waals surface area (Å²) in [6, 6.07) is 0.519. The molecular weight excluding hydrogens is 292 g/mol. The normalized spacial score (nSPS) is 18.4. The Morgan fingerprint density at radius 1 is 1.39 bits per heavy atom. The first kappa shape index (κ1) is 14.0. The Bertz CT molecular complexity index is 396. The monoisotopic (exact) mass is 314 g/mol. The van der Waals surface area contributed by atoms with Gasteiger partial charge in [0.25, 0.3) is 0 Å². The summed E-state index contributed by atoms with van der Waals surface area (Å²) in [6.07, 6.45) is 2.72. The lowest BCUT2D eigenvalue weighted by molar-refractivity contribution is 0.297. The number of aryl methyl sites for hydroxylation is 2. The second-order valence-corrected chi connectivity index (χ2v) is 6.05. The van der Waals surface area contributed by atoms with E-state index in [1.807, 2.05) is 18.7 Å². The van der Waals surface area contributed by atoms with Gasteiger partial charge in [-0.3, -0.25) is 4.68 Å². The maximum atomic E-state index is 4.41. The summed E-state index contributed by atoms with van der Waals surface area (Å²) < 4.78 is 3.08. The maximum absolute atomic E-state index is 4.41. The summed E-state index contributed by atoms with van der Waals surface area (Å²) in [5, 5.41) is 8.00. The number of aromatic nitrogens is 2. The van der Waals surface area contributed by atoms with Crippen molar-refractivity contribution in [1.82, 2.24) is 20.0 Å². The Kier molecular flexibility index (Phi) is 4.81. The first-order chi connectivity index (χ1) is 8.58. The highest BCUT2D eigenvalue weighted by Gasteiger charge is 2.15. The van der Waals surface area contributed by atoms with Crippen LogP contribution in [0.3, 0.4) is 0 Å². The molecule has 1 aromatic heterocycles. The molecule has 0 spiro atoms. The van der Waals surface area contributed by atoms with Gasteiger partial charge in [-0.05, 0) is 55.7 Å². The lowest BCUT2D eigenvalue weighted by Gasteiger charge is -2.21. The maximum Gasteiger partial charge on any atom is 0.0739 e. The fourth-order valence-electron chi connectivity index (χ4n) is 2.56. The van der Waals surface area contributed by atoms with E-state index in [4.69, 9.17) is 0 Å². The zero-order valence-corrected chi connectivity index (χ0v) is 13.1. The van der Waals surface area contributed by atoms with Crippen molar-refractivity contribution < 1.29 is 0 Å². The van der Waals surface area contributed by atoms with Gasteiger partial charge in [-0.1, -0.05) is 0 Å². The number of halogens is 1. The van der Waals surface area contributed by atoms with Gasteiger partial charge in [-0.25, -0.2) is 0 Å². The zero-order chi connectivity index (χ0) is 13.1. The van der Waals surface area contributed by atoms with Crippen molar-refractivity contribution in [1.29, 1.82) is 0 Å². The summed E-state index contributed by atoms with van der Waals surface area (Å²) in [6.45, 7) is 8.83. The van der Waals surface area contributed by atoms with Gasteiger partial charge in [0.05, 0.1) is 15.9 Å². The Hall–Kier alpha value is -0.390. The van der Waals surface area contributed by atoms with Crippen LogP contribution in [0.5, 0.6) is 0 Å². The predicted octanol–water partition coefficient (Wildman–Crippen LogP) is 2.06. The number of nitrogens with one attached hydrogen (secondary N) is 1. The SMILES string of the molecule is Cc1nn(C)c(CNC(C)CN2CCCC2)c1Br. The standard InChI is InChI=1S/C13H23BrN4/c1-10(9-18-6-4-5-7-18)15-8-12-13(14)11(2)16-17(12)3/h10,15H,4-9H2,1-3H3. The molecule has 1 aromatic rings. The summed E-state index contributed by atoms with van der Waals surface area (Å²) in [5.74, 6) is 0. The van der Waals surface area contributed by atoms with Crippen LogP contribution in [-0.2, 0) is 13.6 Å². The van der Waals surface area contributed by atoms with Crippen LogP contribution in [0.15, 0.2) is 4.47 Å². The number of hydrogen-bond donors (Lipinski definition) is 1. The molecule has 0 bridgehead atoms. The highest BCUT2D eigenvalue weighted by atomic mass is 79.9. The molecule has 1 atom stereocenters. The first-order valence-electron chi connectivity index (χ1n) is 6.71. The summed E-state index contributed by atoms with van der Waals surface area (Å²) in [4.78, 5) is 2.54. The van der Waals surface area contributed by atoms with E-state index in [2.05, 4.69) is 38.2 Å². The molecule has 0 aliphatic carbocycles. The molecule has 1 fully saturated rings. The molecule has 18 heavy (non-hydrogen) atoms. The molecule has 2 rings (SSSR count). The van der Waals surface area contributed by atoms with Gasteiger partial charge in [0.2, 0.25) is 0 Å². The van der Waals surface area contributed by atoms with Crippen LogP contribution in [0, 0.1) is 6.92 Å². The van der Waals surface area contributed by atoms with Crippen LogP contribution in [0.25, 0.3) is 0 Å². The third kappa shape index (κ3) is 3.33. The van der Waals surface area contributed by atoms with Crippen LogP contribution in [0.2, 0.25) is 0 Å². The second-order valence-electron chi connectivity index (χ2n) is 5.26. The van der Waals surface area contributed by atoms with E-state index >= 15 is 0 Å².